The molecule has 0 aromatic heterocycles. The fourth-order valence-corrected chi connectivity index (χ4v) is 2.72. The summed E-state index contributed by atoms with van der Waals surface area (Å²) in [5, 5.41) is 1.49. The van der Waals surface area contributed by atoms with E-state index in [1.54, 1.807) is 0 Å². The third-order valence-corrected chi connectivity index (χ3v) is 3.72. The van der Waals surface area contributed by atoms with E-state index in [-0.39, 0.29) is 9.52 Å². The Balaban J connectivity index is 1.97. The van der Waals surface area contributed by atoms with Gasteiger partial charge in [-0.2, -0.15) is 0 Å². The van der Waals surface area contributed by atoms with Gasteiger partial charge in [0.15, 0.2) is 0 Å². The Morgan fingerprint density at radius 1 is 0.733 bits per heavy atom. The highest BCUT2D eigenvalue weighted by atomic mass is 28.2. The van der Waals surface area contributed by atoms with Crippen LogP contribution in [0.25, 0.3) is 6.08 Å². The summed E-state index contributed by atoms with van der Waals surface area (Å²) in [4.78, 5) is 0. The maximum absolute atomic E-state index is 2.34. The number of benzene rings is 2. The topological polar surface area (TPSA) is 0 Å². The van der Waals surface area contributed by atoms with Gasteiger partial charge in [0.1, 0.15) is 0 Å². The summed E-state index contributed by atoms with van der Waals surface area (Å²) in [6.07, 6.45) is 2.22. The molecule has 0 aliphatic rings. The highest BCUT2D eigenvalue weighted by molar-refractivity contribution is 6.59. The first-order valence-corrected chi connectivity index (χ1v) is 6.73. The van der Waals surface area contributed by atoms with Gasteiger partial charge in [0, 0.05) is 0 Å². The van der Waals surface area contributed by atoms with Gasteiger partial charge in [0.05, 0.1) is 9.52 Å². The SMILES string of the molecule is C(=Cc1ccccc1)[SiH2]c1ccccc1. The Bertz CT molecular complexity index is 418. The molecule has 0 saturated carbocycles. The van der Waals surface area contributed by atoms with E-state index in [0.717, 1.165) is 0 Å². The Hall–Kier alpha value is -1.60. The minimum atomic E-state index is -0.236. The third kappa shape index (κ3) is 3.22. The molecule has 0 amide bonds. The van der Waals surface area contributed by atoms with Crippen molar-refractivity contribution in [2.24, 2.45) is 0 Å². The summed E-state index contributed by atoms with van der Waals surface area (Å²) in [5.41, 5.74) is 3.63. The summed E-state index contributed by atoms with van der Waals surface area (Å²) in [6, 6.07) is 21.2. The molecule has 0 spiro atoms. The van der Waals surface area contributed by atoms with Crippen LogP contribution in [0.15, 0.2) is 66.4 Å². The van der Waals surface area contributed by atoms with Gasteiger partial charge in [-0.3, -0.25) is 0 Å². The Labute approximate surface area is 93.1 Å². The summed E-state index contributed by atoms with van der Waals surface area (Å²) in [6.45, 7) is 0. The summed E-state index contributed by atoms with van der Waals surface area (Å²) < 4.78 is 0. The number of hydrogen-bond donors (Lipinski definition) is 0. The molecule has 0 bridgehead atoms. The lowest BCUT2D eigenvalue weighted by atomic mass is 10.2. The molecule has 74 valence electrons. The standard InChI is InChI=1S/C14H14Si/c1-3-7-13(8-4-1)11-12-15-14-9-5-2-6-10-14/h1-12H,15H2. The fraction of sp³-hybridized carbons (Fsp3) is 0. The molecule has 0 unspecified atom stereocenters. The Morgan fingerprint density at radius 3 is 2.00 bits per heavy atom. The van der Waals surface area contributed by atoms with Crippen molar-refractivity contribution in [3.8, 4) is 0 Å². The van der Waals surface area contributed by atoms with Crippen LogP contribution in [0.1, 0.15) is 5.56 Å². The summed E-state index contributed by atoms with van der Waals surface area (Å²) in [5.74, 6) is 0. The van der Waals surface area contributed by atoms with Crippen molar-refractivity contribution in [1.29, 1.82) is 0 Å². The van der Waals surface area contributed by atoms with Crippen molar-refractivity contribution in [1.82, 2.24) is 0 Å². The van der Waals surface area contributed by atoms with Gasteiger partial charge in [-0.25, -0.2) is 0 Å². The zero-order valence-corrected chi connectivity index (χ0v) is 10.0. The maximum atomic E-state index is 2.34. The van der Waals surface area contributed by atoms with E-state index >= 15 is 0 Å². The maximum Gasteiger partial charge on any atom is 0.0783 e. The van der Waals surface area contributed by atoms with Crippen LogP contribution in [0, 0.1) is 0 Å². The second kappa shape index (κ2) is 5.32. The van der Waals surface area contributed by atoms with Gasteiger partial charge < -0.3 is 0 Å². The van der Waals surface area contributed by atoms with Crippen LogP contribution in [-0.4, -0.2) is 9.52 Å². The quantitative estimate of drug-likeness (QED) is 0.681. The zero-order valence-electron chi connectivity index (χ0n) is 8.64. The van der Waals surface area contributed by atoms with Crippen molar-refractivity contribution < 1.29 is 0 Å². The van der Waals surface area contributed by atoms with Crippen LogP contribution in [0.5, 0.6) is 0 Å². The minimum absolute atomic E-state index is 0.236. The van der Waals surface area contributed by atoms with Gasteiger partial charge in [0.2, 0.25) is 0 Å². The van der Waals surface area contributed by atoms with Gasteiger partial charge in [-0.15, -0.1) is 0 Å². The van der Waals surface area contributed by atoms with Gasteiger partial charge >= 0.3 is 0 Å². The fourth-order valence-electron chi connectivity index (χ4n) is 1.51. The molecule has 0 nitrogen and oxygen atoms in total. The van der Waals surface area contributed by atoms with Crippen LogP contribution in [0.2, 0.25) is 0 Å². The van der Waals surface area contributed by atoms with Crippen molar-refractivity contribution in [2.45, 2.75) is 0 Å². The first-order valence-electron chi connectivity index (χ1n) is 5.21. The molecule has 0 heterocycles. The molecular weight excluding hydrogens is 196 g/mol. The van der Waals surface area contributed by atoms with E-state index in [0.29, 0.717) is 0 Å². The average molecular weight is 210 g/mol. The van der Waals surface area contributed by atoms with E-state index in [9.17, 15) is 0 Å². The molecule has 0 saturated heterocycles. The predicted molar refractivity (Wildman–Crippen MR) is 70.1 cm³/mol. The highest BCUT2D eigenvalue weighted by Gasteiger charge is 1.87. The first kappa shape index (κ1) is 9.93. The summed E-state index contributed by atoms with van der Waals surface area (Å²) in [7, 11) is -0.236. The molecule has 0 radical (unpaired) electrons. The molecule has 2 aromatic carbocycles. The predicted octanol–water partition coefficient (Wildman–Crippen LogP) is 2.15. The molecule has 15 heavy (non-hydrogen) atoms. The van der Waals surface area contributed by atoms with Crippen LogP contribution in [0.4, 0.5) is 0 Å². The average Bonchev–Trinajstić information content (AvgIpc) is 2.32. The Kier molecular flexibility index (Phi) is 3.52. The smallest absolute Gasteiger partial charge is 0.0783 e. The highest BCUT2D eigenvalue weighted by Crippen LogP contribution is 1.99. The largest absolute Gasteiger partial charge is 0.0956 e. The molecule has 2 rings (SSSR count). The lowest BCUT2D eigenvalue weighted by Crippen LogP contribution is -2.09. The van der Waals surface area contributed by atoms with Gasteiger partial charge in [-0.05, 0) is 5.56 Å². The number of rotatable bonds is 3. The van der Waals surface area contributed by atoms with Crippen LogP contribution in [0.3, 0.4) is 0 Å². The van der Waals surface area contributed by atoms with E-state index < -0.39 is 0 Å². The molecule has 0 fully saturated rings. The lowest BCUT2D eigenvalue weighted by molar-refractivity contribution is 1.66. The molecule has 0 atom stereocenters. The monoisotopic (exact) mass is 210 g/mol. The Morgan fingerprint density at radius 2 is 1.33 bits per heavy atom. The number of hydrogen-bond acceptors (Lipinski definition) is 0. The van der Waals surface area contributed by atoms with E-state index in [4.69, 9.17) is 0 Å². The van der Waals surface area contributed by atoms with E-state index in [1.165, 1.54) is 10.8 Å². The van der Waals surface area contributed by atoms with Crippen molar-refractivity contribution in [3.63, 3.8) is 0 Å². The second-order valence-electron chi connectivity index (χ2n) is 3.50. The molecule has 1 heteroatoms. The van der Waals surface area contributed by atoms with Crippen molar-refractivity contribution in [2.75, 3.05) is 0 Å². The van der Waals surface area contributed by atoms with E-state index in [2.05, 4.69) is 66.4 Å². The molecule has 0 aliphatic heterocycles. The summed E-state index contributed by atoms with van der Waals surface area (Å²) >= 11 is 0. The van der Waals surface area contributed by atoms with Gasteiger partial charge in [0.25, 0.3) is 0 Å². The van der Waals surface area contributed by atoms with Crippen LogP contribution < -0.4 is 5.19 Å². The molecule has 0 aliphatic carbocycles. The zero-order chi connectivity index (χ0) is 10.3. The normalized spacial score (nSPS) is 11.5. The lowest BCUT2D eigenvalue weighted by Gasteiger charge is -1.94. The van der Waals surface area contributed by atoms with Crippen molar-refractivity contribution >= 4 is 20.8 Å². The minimum Gasteiger partial charge on any atom is -0.0956 e. The third-order valence-electron chi connectivity index (χ3n) is 2.31. The van der Waals surface area contributed by atoms with Gasteiger partial charge in [-0.1, -0.05) is 77.6 Å². The molecule has 0 N–H and O–H groups in total. The molecular formula is C14H14Si. The molecule has 2 aromatic rings. The second-order valence-corrected chi connectivity index (χ2v) is 5.20. The first-order chi connectivity index (χ1) is 7.45. The van der Waals surface area contributed by atoms with Crippen LogP contribution in [-0.2, 0) is 0 Å². The van der Waals surface area contributed by atoms with Crippen LogP contribution >= 0.6 is 0 Å². The van der Waals surface area contributed by atoms with E-state index in [1.807, 2.05) is 6.07 Å². The van der Waals surface area contributed by atoms with Crippen molar-refractivity contribution in [3.05, 3.63) is 71.9 Å².